The molecule has 0 saturated carbocycles. The van der Waals surface area contributed by atoms with Gasteiger partial charge in [-0.3, -0.25) is 0 Å². The Bertz CT molecular complexity index is 639. The molecule has 1 aromatic rings. The third kappa shape index (κ3) is 5.21. The number of benzene rings is 1. The average molecular weight is 353 g/mol. The Balaban J connectivity index is 1.70. The van der Waals surface area contributed by atoms with Crippen LogP contribution < -0.4 is 10.0 Å². The number of anilines is 1. The fourth-order valence-corrected chi connectivity index (χ4v) is 4.01. The van der Waals surface area contributed by atoms with E-state index >= 15 is 0 Å². The Morgan fingerprint density at radius 3 is 2.38 bits per heavy atom. The van der Waals surface area contributed by atoms with Crippen molar-refractivity contribution in [2.24, 2.45) is 0 Å². The van der Waals surface area contributed by atoms with Crippen LogP contribution in [0, 0.1) is 6.92 Å². The van der Waals surface area contributed by atoms with Crippen LogP contribution in [-0.2, 0) is 22.9 Å². The van der Waals surface area contributed by atoms with E-state index in [0.717, 1.165) is 25.8 Å². The van der Waals surface area contributed by atoms with Crippen LogP contribution in [0.2, 0.25) is 0 Å². The Hall–Kier alpha value is -1.07. The third-order valence-electron chi connectivity index (χ3n) is 4.86. The Morgan fingerprint density at radius 2 is 1.67 bits per heavy atom. The molecule has 0 aromatic heterocycles. The summed E-state index contributed by atoms with van der Waals surface area (Å²) >= 11 is 0. The van der Waals surface area contributed by atoms with Crippen molar-refractivity contribution in [3.63, 3.8) is 0 Å². The second-order valence-electron chi connectivity index (χ2n) is 7.07. The summed E-state index contributed by atoms with van der Waals surface area (Å²) in [5, 5.41) is 3.23. The van der Waals surface area contributed by atoms with Gasteiger partial charge in [-0.25, -0.2) is 13.1 Å². The van der Waals surface area contributed by atoms with Crippen molar-refractivity contribution in [2.45, 2.75) is 71.0 Å². The molecule has 2 N–H and O–H groups in total. The first-order valence-electron chi connectivity index (χ1n) is 9.25. The van der Waals surface area contributed by atoms with Crippen molar-refractivity contribution in [1.82, 2.24) is 4.72 Å². The second kappa shape index (κ2) is 8.86. The maximum atomic E-state index is 11.6. The van der Waals surface area contributed by atoms with Gasteiger partial charge in [0.15, 0.2) is 0 Å². The van der Waals surface area contributed by atoms with Crippen LogP contribution in [0.3, 0.4) is 0 Å². The molecule has 0 radical (unpaired) electrons. The van der Waals surface area contributed by atoms with Gasteiger partial charge in [0, 0.05) is 18.8 Å². The number of rotatable bonds is 9. The van der Waals surface area contributed by atoms with Crippen molar-refractivity contribution in [2.75, 3.05) is 18.4 Å². The molecule has 0 unspecified atom stereocenters. The van der Waals surface area contributed by atoms with E-state index in [9.17, 15) is 8.42 Å². The fourth-order valence-electron chi connectivity index (χ4n) is 3.24. The number of aryl methyl sites for hydroxylation is 1. The Morgan fingerprint density at radius 1 is 1.00 bits per heavy atom. The summed E-state index contributed by atoms with van der Waals surface area (Å²) in [6.45, 7) is 7.11. The Labute approximate surface area is 147 Å². The Kier molecular flexibility index (Phi) is 7.11. The molecule has 0 aliphatic heterocycles. The first kappa shape index (κ1) is 19.3. The smallest absolute Gasteiger partial charge is 0.213 e. The summed E-state index contributed by atoms with van der Waals surface area (Å²) < 4.78 is 26.0. The maximum absolute atomic E-state index is 11.6. The summed E-state index contributed by atoms with van der Waals surface area (Å²) in [4.78, 5) is 0. The number of nitrogens with one attached hydrogen (secondary N) is 2. The minimum Gasteiger partial charge on any atom is -0.385 e. The van der Waals surface area contributed by atoms with Gasteiger partial charge in [-0.1, -0.05) is 12.5 Å². The maximum Gasteiger partial charge on any atom is 0.213 e. The van der Waals surface area contributed by atoms with E-state index in [-0.39, 0.29) is 5.25 Å². The van der Waals surface area contributed by atoms with Gasteiger partial charge < -0.3 is 5.32 Å². The second-order valence-corrected chi connectivity index (χ2v) is 9.39. The van der Waals surface area contributed by atoms with Crippen LogP contribution in [0.5, 0.6) is 0 Å². The molecule has 5 heteroatoms. The predicted molar refractivity (Wildman–Crippen MR) is 102 cm³/mol. The molecule has 0 fully saturated rings. The van der Waals surface area contributed by atoms with Gasteiger partial charge in [-0.15, -0.1) is 0 Å². The van der Waals surface area contributed by atoms with Gasteiger partial charge >= 0.3 is 0 Å². The molecular formula is C19H32N2O2S. The topological polar surface area (TPSA) is 58.2 Å². The largest absolute Gasteiger partial charge is 0.385 e. The van der Waals surface area contributed by atoms with Crippen LogP contribution in [0.4, 0.5) is 5.69 Å². The molecule has 0 atom stereocenters. The highest BCUT2D eigenvalue weighted by atomic mass is 32.2. The van der Waals surface area contributed by atoms with Crippen molar-refractivity contribution in [1.29, 1.82) is 0 Å². The lowest BCUT2D eigenvalue weighted by Crippen LogP contribution is -2.31. The summed E-state index contributed by atoms with van der Waals surface area (Å²) in [7, 11) is -3.11. The van der Waals surface area contributed by atoms with E-state index in [1.165, 1.54) is 42.5 Å². The average Bonchev–Trinajstić information content (AvgIpc) is 2.56. The third-order valence-corrected chi connectivity index (χ3v) is 6.71. The number of hydrogen-bond donors (Lipinski definition) is 2. The van der Waals surface area contributed by atoms with E-state index in [1.54, 1.807) is 19.4 Å². The van der Waals surface area contributed by atoms with Crippen LogP contribution in [0.1, 0.15) is 62.6 Å². The lowest BCUT2D eigenvalue weighted by Gasteiger charge is -2.22. The van der Waals surface area contributed by atoms with E-state index in [2.05, 4.69) is 29.1 Å². The molecule has 0 saturated heterocycles. The minimum atomic E-state index is -3.11. The molecule has 136 valence electrons. The van der Waals surface area contributed by atoms with Crippen molar-refractivity contribution >= 4 is 15.7 Å². The molecule has 2 rings (SSSR count). The normalized spacial score (nSPS) is 14.7. The molecule has 1 aliphatic rings. The first-order valence-corrected chi connectivity index (χ1v) is 10.8. The number of fused-ring (bicyclic) bond motifs is 1. The predicted octanol–water partition coefficient (Wildman–Crippen LogP) is 3.78. The van der Waals surface area contributed by atoms with Crippen LogP contribution >= 0.6 is 0 Å². The minimum absolute atomic E-state index is 0.355. The van der Waals surface area contributed by atoms with Gasteiger partial charge in [0.25, 0.3) is 0 Å². The van der Waals surface area contributed by atoms with Gasteiger partial charge in [0.2, 0.25) is 10.0 Å². The molecule has 4 nitrogen and oxygen atoms in total. The standard InChI is InChI=1S/C19H32N2O2S/c1-15(2)24(22,23)21-14-8-4-7-13-20-19-12-11-16(3)17-9-5-6-10-18(17)19/h11-12,15,20-21H,4-10,13-14H2,1-3H3. The van der Waals surface area contributed by atoms with Gasteiger partial charge in [0.05, 0.1) is 5.25 Å². The summed E-state index contributed by atoms with van der Waals surface area (Å²) in [5.74, 6) is 0. The van der Waals surface area contributed by atoms with E-state index in [0.29, 0.717) is 6.54 Å². The van der Waals surface area contributed by atoms with Crippen LogP contribution in [-0.4, -0.2) is 26.8 Å². The molecular weight excluding hydrogens is 320 g/mol. The summed E-state index contributed by atoms with van der Waals surface area (Å²) in [5.41, 5.74) is 5.80. The lowest BCUT2D eigenvalue weighted by molar-refractivity contribution is 0.566. The van der Waals surface area contributed by atoms with Crippen molar-refractivity contribution in [3.05, 3.63) is 28.8 Å². The van der Waals surface area contributed by atoms with Crippen LogP contribution in [0.25, 0.3) is 0 Å². The van der Waals surface area contributed by atoms with E-state index in [1.807, 2.05) is 0 Å². The van der Waals surface area contributed by atoms with Crippen molar-refractivity contribution < 1.29 is 8.42 Å². The number of sulfonamides is 1. The molecule has 0 bridgehead atoms. The zero-order valence-electron chi connectivity index (χ0n) is 15.3. The summed E-state index contributed by atoms with van der Waals surface area (Å²) in [6, 6.07) is 4.45. The first-order chi connectivity index (χ1) is 11.4. The van der Waals surface area contributed by atoms with E-state index < -0.39 is 10.0 Å². The zero-order valence-corrected chi connectivity index (χ0v) is 16.1. The summed E-state index contributed by atoms with van der Waals surface area (Å²) in [6.07, 6.45) is 7.99. The zero-order chi connectivity index (χ0) is 17.6. The SMILES string of the molecule is Cc1ccc(NCCCCCNS(=O)(=O)C(C)C)c2c1CCCC2. The molecule has 24 heavy (non-hydrogen) atoms. The molecule has 0 spiro atoms. The highest BCUT2D eigenvalue weighted by molar-refractivity contribution is 7.90. The lowest BCUT2D eigenvalue weighted by atomic mass is 9.87. The molecule has 0 amide bonds. The van der Waals surface area contributed by atoms with E-state index in [4.69, 9.17) is 0 Å². The number of unbranched alkanes of at least 4 members (excludes halogenated alkanes) is 2. The highest BCUT2D eigenvalue weighted by Gasteiger charge is 2.15. The number of hydrogen-bond acceptors (Lipinski definition) is 3. The molecule has 0 heterocycles. The van der Waals surface area contributed by atoms with Gasteiger partial charge in [-0.05, 0) is 82.1 Å². The monoisotopic (exact) mass is 352 g/mol. The highest BCUT2D eigenvalue weighted by Crippen LogP contribution is 2.30. The van der Waals surface area contributed by atoms with Gasteiger partial charge in [0.1, 0.15) is 0 Å². The molecule has 1 aromatic carbocycles. The fraction of sp³-hybridized carbons (Fsp3) is 0.684. The van der Waals surface area contributed by atoms with Crippen LogP contribution in [0.15, 0.2) is 12.1 Å². The van der Waals surface area contributed by atoms with Crippen molar-refractivity contribution in [3.8, 4) is 0 Å². The van der Waals surface area contributed by atoms with Gasteiger partial charge in [-0.2, -0.15) is 0 Å². The quantitative estimate of drug-likeness (QED) is 0.665. The molecule has 1 aliphatic carbocycles.